The summed E-state index contributed by atoms with van der Waals surface area (Å²) in [5.41, 5.74) is 14.4. The van der Waals surface area contributed by atoms with Gasteiger partial charge in [-0.15, -0.1) is 15.3 Å². The number of hydrogen-bond acceptors (Lipinski definition) is 13. The van der Waals surface area contributed by atoms with Crippen LogP contribution < -0.4 is 26.2 Å². The lowest BCUT2D eigenvalue weighted by molar-refractivity contribution is -0.133. The smallest absolute Gasteiger partial charge is 0.249 e. The lowest BCUT2D eigenvalue weighted by Crippen LogP contribution is -2.49. The van der Waals surface area contributed by atoms with Crippen molar-refractivity contribution in [3.8, 4) is 22.5 Å². The molecule has 4 saturated heterocycles. The summed E-state index contributed by atoms with van der Waals surface area (Å²) in [6, 6.07) is 25.6. The van der Waals surface area contributed by atoms with Gasteiger partial charge in [-0.1, -0.05) is 24.3 Å². The molecule has 7 aromatic rings. The van der Waals surface area contributed by atoms with Gasteiger partial charge in [0, 0.05) is 106 Å². The topological polar surface area (TPSA) is 171 Å². The number of rotatable bonds is 11. The maximum atomic E-state index is 15.3. The lowest BCUT2D eigenvalue weighted by Gasteiger charge is -2.40. The second-order valence-corrected chi connectivity index (χ2v) is 19.0. The number of amides is 2. The molecule has 4 N–H and O–H groups in total. The number of nitrogens with one attached hydrogen (secondary N) is 2. The Bertz CT molecular complexity index is 2950. The summed E-state index contributed by atoms with van der Waals surface area (Å²) < 4.78 is 19.4. The van der Waals surface area contributed by atoms with Crippen LogP contribution >= 0.6 is 0 Å². The monoisotopic (exact) mass is 916 g/mol. The number of piperazine rings is 1. The highest BCUT2D eigenvalue weighted by molar-refractivity contribution is 6.01. The molecule has 17 heteroatoms. The highest BCUT2D eigenvalue weighted by Crippen LogP contribution is 2.34. The first-order chi connectivity index (χ1) is 33.2. The van der Waals surface area contributed by atoms with Crippen LogP contribution in [0.3, 0.4) is 0 Å². The molecule has 4 fully saturated rings. The van der Waals surface area contributed by atoms with E-state index in [4.69, 9.17) is 15.8 Å². The van der Waals surface area contributed by atoms with E-state index in [1.54, 1.807) is 6.07 Å². The van der Waals surface area contributed by atoms with E-state index in [1.165, 1.54) is 17.3 Å². The number of fused-ring (bicyclic) bond motifs is 2. The van der Waals surface area contributed by atoms with Crippen LogP contribution in [0.2, 0.25) is 0 Å². The zero-order chi connectivity index (χ0) is 46.3. The Labute approximate surface area is 394 Å². The first kappa shape index (κ1) is 43.6. The number of piperidine rings is 3. The molecule has 0 spiro atoms. The molecule has 4 aliphatic heterocycles. The van der Waals surface area contributed by atoms with Gasteiger partial charge < -0.3 is 25.4 Å². The van der Waals surface area contributed by atoms with Gasteiger partial charge in [0.2, 0.25) is 11.8 Å². The second kappa shape index (κ2) is 18.6. The number of imide groups is 1. The summed E-state index contributed by atoms with van der Waals surface area (Å²) >= 11 is 0. The predicted molar refractivity (Wildman–Crippen MR) is 262 cm³/mol. The van der Waals surface area contributed by atoms with Crippen molar-refractivity contribution in [2.24, 2.45) is 13.0 Å². The van der Waals surface area contributed by atoms with Crippen molar-refractivity contribution in [3.63, 3.8) is 0 Å². The van der Waals surface area contributed by atoms with Crippen LogP contribution in [0, 0.1) is 11.7 Å². The number of aromatic nitrogens is 7. The Morgan fingerprint density at radius 2 is 1.57 bits per heavy atom. The number of likely N-dealkylation sites (tertiary alicyclic amines) is 1. The van der Waals surface area contributed by atoms with Crippen LogP contribution in [-0.2, 0) is 23.2 Å². The van der Waals surface area contributed by atoms with E-state index in [9.17, 15) is 9.59 Å². The van der Waals surface area contributed by atoms with Crippen molar-refractivity contribution in [1.29, 1.82) is 0 Å². The van der Waals surface area contributed by atoms with E-state index >= 15 is 4.39 Å². The summed E-state index contributed by atoms with van der Waals surface area (Å²) in [6.45, 7) is 9.09. The number of aryl methyl sites for hydroxylation is 1. The minimum Gasteiger partial charge on any atom is -0.384 e. The number of nitrogens with two attached hydrogens (primary N) is 1. The molecular formula is C51H57FN14O2. The number of anilines is 4. The van der Waals surface area contributed by atoms with Crippen LogP contribution in [0.5, 0.6) is 0 Å². The van der Waals surface area contributed by atoms with Gasteiger partial charge in [0.25, 0.3) is 0 Å². The van der Waals surface area contributed by atoms with Crippen LogP contribution in [0.15, 0.2) is 91.3 Å². The largest absolute Gasteiger partial charge is 0.384 e. The highest BCUT2D eigenvalue weighted by Gasteiger charge is 2.29. The zero-order valence-electron chi connectivity index (χ0n) is 38.4. The third-order valence-electron chi connectivity index (χ3n) is 14.7. The van der Waals surface area contributed by atoms with E-state index in [1.807, 2.05) is 41.2 Å². The fraction of sp³-hybridized carbons (Fsp3) is 0.392. The Morgan fingerprint density at radius 1 is 0.779 bits per heavy atom. The molecular weight excluding hydrogens is 860 g/mol. The summed E-state index contributed by atoms with van der Waals surface area (Å²) in [5.74, 6) is 2.33. The van der Waals surface area contributed by atoms with Gasteiger partial charge in [-0.2, -0.15) is 4.52 Å². The number of halogens is 1. The Morgan fingerprint density at radius 3 is 2.32 bits per heavy atom. The zero-order valence-corrected chi connectivity index (χ0v) is 38.4. The molecule has 11 rings (SSSR count). The van der Waals surface area contributed by atoms with E-state index in [0.717, 1.165) is 136 Å². The van der Waals surface area contributed by atoms with Crippen LogP contribution in [-0.4, -0.2) is 121 Å². The first-order valence-corrected chi connectivity index (χ1v) is 24.0. The number of pyridine rings is 2. The predicted octanol–water partition coefficient (Wildman–Crippen LogP) is 6.10. The molecule has 0 bridgehead atoms. The van der Waals surface area contributed by atoms with Crippen molar-refractivity contribution in [3.05, 3.63) is 108 Å². The summed E-state index contributed by atoms with van der Waals surface area (Å²) in [7, 11) is 2.11. The van der Waals surface area contributed by atoms with Gasteiger partial charge in [0.15, 0.2) is 11.5 Å². The number of nitrogens with zero attached hydrogens (tertiary/aromatic N) is 11. The fourth-order valence-corrected chi connectivity index (χ4v) is 10.7. The van der Waals surface area contributed by atoms with Crippen molar-refractivity contribution >= 4 is 51.5 Å². The Balaban J connectivity index is 0.656. The van der Waals surface area contributed by atoms with Gasteiger partial charge in [0.1, 0.15) is 29.1 Å². The van der Waals surface area contributed by atoms with Crippen molar-refractivity contribution in [1.82, 2.24) is 49.5 Å². The molecule has 5 aromatic heterocycles. The second-order valence-electron chi connectivity index (χ2n) is 19.0. The van der Waals surface area contributed by atoms with E-state index in [0.29, 0.717) is 35.4 Å². The summed E-state index contributed by atoms with van der Waals surface area (Å²) in [6.07, 6.45) is 8.73. The average Bonchev–Trinajstić information content (AvgIpc) is 3.93. The molecule has 1 unspecified atom stereocenters. The molecule has 0 aliphatic carbocycles. The van der Waals surface area contributed by atoms with Gasteiger partial charge in [0.05, 0.1) is 5.69 Å². The minimum absolute atomic E-state index is 0.271. The molecule has 2 aromatic carbocycles. The maximum absolute atomic E-state index is 15.3. The number of hydrogen-bond donors (Lipinski definition) is 3. The highest BCUT2D eigenvalue weighted by atomic mass is 19.1. The molecule has 0 saturated carbocycles. The number of nitrogen functional groups attached to an aromatic ring is 1. The summed E-state index contributed by atoms with van der Waals surface area (Å²) in [4.78, 5) is 42.2. The molecule has 350 valence electrons. The normalized spacial score (nSPS) is 19.3. The van der Waals surface area contributed by atoms with Gasteiger partial charge >= 0.3 is 0 Å². The number of carbonyl (C=O) groups is 2. The molecule has 2 amide bonds. The summed E-state index contributed by atoms with van der Waals surface area (Å²) in [5, 5.41) is 20.7. The first-order valence-electron chi connectivity index (χ1n) is 24.0. The third-order valence-corrected chi connectivity index (χ3v) is 14.7. The molecule has 16 nitrogen and oxygen atoms in total. The van der Waals surface area contributed by atoms with E-state index in [-0.39, 0.29) is 24.1 Å². The number of carbonyl (C=O) groups excluding carboxylic acids is 2. The van der Waals surface area contributed by atoms with Crippen molar-refractivity contribution < 1.29 is 14.0 Å². The van der Waals surface area contributed by atoms with Crippen LogP contribution in [0.25, 0.3) is 39.2 Å². The van der Waals surface area contributed by atoms with Crippen LogP contribution in [0.1, 0.15) is 55.7 Å². The fourth-order valence-electron chi connectivity index (χ4n) is 10.7. The van der Waals surface area contributed by atoms with E-state index < -0.39 is 6.04 Å². The standard InChI is InChI=1S/C51H57FN14O2/c1-61-39(29-41-40(14-19-54-50(41)61)37-6-10-45(53)55-30-37)32-62-20-17-35(18-21-62)34-2-4-36(5-3-34)49-59-58-46-11-12-47(60-66(46)49)65-22-15-33(16-23-65)31-63-24-26-64(27-25-63)44-9-7-38(28-42(44)52)56-43-8-13-48(67)57-51(43)68/h2-7,9-12,14,19,28-30,33,35,43,56H,8,13,15-18,20-27,31-32H2,1H3,(H2,53,55)(H,57,67,68). The van der Waals surface area contributed by atoms with Gasteiger partial charge in [-0.25, -0.2) is 14.4 Å². The maximum Gasteiger partial charge on any atom is 0.249 e. The van der Waals surface area contributed by atoms with Gasteiger partial charge in [-0.05, 0) is 123 Å². The minimum atomic E-state index is -0.546. The van der Waals surface area contributed by atoms with Gasteiger partial charge in [-0.3, -0.25) is 24.7 Å². The molecule has 0 radical (unpaired) electrons. The quantitative estimate of drug-likeness (QED) is 0.128. The van der Waals surface area contributed by atoms with Crippen molar-refractivity contribution in [2.45, 2.75) is 57.0 Å². The third kappa shape index (κ3) is 8.95. The van der Waals surface area contributed by atoms with Crippen molar-refractivity contribution in [2.75, 3.05) is 79.8 Å². The lowest BCUT2D eigenvalue weighted by atomic mass is 9.89. The molecule has 1 atom stereocenters. The Kier molecular flexibility index (Phi) is 11.9. The van der Waals surface area contributed by atoms with Crippen LogP contribution in [0.4, 0.5) is 27.4 Å². The van der Waals surface area contributed by atoms with E-state index in [2.05, 4.69) is 99.5 Å². The Hall–Kier alpha value is -6.98. The SMILES string of the molecule is Cn1c(CN2CCC(c3ccc(-c4nnc5ccc(N6CCC(CN7CCN(c8ccc(NC9CCC(=O)NC9=O)cc8F)CC7)CC6)nn45)cc3)CC2)cc2c(-c3ccc(N)nc3)ccnc21. The average molecular weight is 917 g/mol. The number of benzene rings is 2. The molecule has 68 heavy (non-hydrogen) atoms. The molecule has 4 aliphatic rings. The molecule has 9 heterocycles.